The Morgan fingerprint density at radius 3 is 2.68 bits per heavy atom. The van der Waals surface area contributed by atoms with Gasteiger partial charge in [-0.1, -0.05) is 60.1 Å². The Kier molecular flexibility index (Phi) is 7.49. The molecule has 0 aliphatic carbocycles. The van der Waals surface area contributed by atoms with Crippen molar-refractivity contribution in [3.05, 3.63) is 113 Å². The third-order valence-corrected chi connectivity index (χ3v) is 5.43. The maximum Gasteiger partial charge on any atom is 0.244 e. The molecule has 0 saturated carbocycles. The number of pyridine rings is 1. The van der Waals surface area contributed by atoms with Crippen molar-refractivity contribution >= 4 is 23.6 Å². The van der Waals surface area contributed by atoms with Gasteiger partial charge in [-0.2, -0.15) is 10.4 Å². The van der Waals surface area contributed by atoms with Crippen LogP contribution in [0.3, 0.4) is 0 Å². The predicted octanol–water partition coefficient (Wildman–Crippen LogP) is 5.24. The van der Waals surface area contributed by atoms with Crippen molar-refractivity contribution in [1.29, 1.82) is 5.26 Å². The molecule has 34 heavy (non-hydrogen) atoms. The fourth-order valence-corrected chi connectivity index (χ4v) is 3.82. The maximum absolute atomic E-state index is 12.9. The molecular formula is C27H22ClN5O. The van der Waals surface area contributed by atoms with E-state index in [1.54, 1.807) is 29.2 Å². The Hall–Kier alpha value is -4.21. The second-order valence-electron chi connectivity index (χ2n) is 7.63. The second-order valence-corrected chi connectivity index (χ2v) is 8.07. The van der Waals surface area contributed by atoms with Gasteiger partial charge in [0.2, 0.25) is 5.91 Å². The Morgan fingerprint density at radius 1 is 1.12 bits per heavy atom. The van der Waals surface area contributed by atoms with Gasteiger partial charge in [0.1, 0.15) is 6.54 Å². The number of aromatic nitrogens is 3. The smallest absolute Gasteiger partial charge is 0.244 e. The van der Waals surface area contributed by atoms with Gasteiger partial charge in [0.15, 0.2) is 0 Å². The Morgan fingerprint density at radius 2 is 1.94 bits per heavy atom. The zero-order chi connectivity index (χ0) is 23.8. The molecule has 1 unspecified atom stereocenters. The van der Waals surface area contributed by atoms with Crippen molar-refractivity contribution in [3.63, 3.8) is 0 Å². The van der Waals surface area contributed by atoms with Crippen molar-refractivity contribution in [2.24, 2.45) is 0 Å². The Bertz CT molecular complexity index is 1330. The van der Waals surface area contributed by atoms with Crippen molar-refractivity contribution in [3.8, 4) is 17.3 Å². The summed E-state index contributed by atoms with van der Waals surface area (Å²) >= 11 is 6.20. The van der Waals surface area contributed by atoms with E-state index in [1.807, 2.05) is 66.7 Å². The highest BCUT2D eigenvalue weighted by Gasteiger charge is 2.16. The lowest BCUT2D eigenvalue weighted by Gasteiger charge is -2.18. The summed E-state index contributed by atoms with van der Waals surface area (Å²) < 4.78 is 1.57. The van der Waals surface area contributed by atoms with Gasteiger partial charge in [-0.3, -0.25) is 14.5 Å². The normalized spacial score (nSPS) is 11.8. The average Bonchev–Trinajstić information content (AvgIpc) is 3.26. The minimum absolute atomic E-state index is 0.126. The summed E-state index contributed by atoms with van der Waals surface area (Å²) in [5.74, 6) is -0.257. The van der Waals surface area contributed by atoms with Gasteiger partial charge in [-0.05, 0) is 35.9 Å². The van der Waals surface area contributed by atoms with Gasteiger partial charge in [-0.15, -0.1) is 0 Å². The SMILES string of the molecule is N#CCn1cc(C=CC(=O)NC(Cc2ccccn2)c2cccc(Cl)c2)c(-c2ccccc2)n1. The number of carbonyl (C=O) groups excluding carboxylic acids is 1. The van der Waals surface area contributed by atoms with Crippen LogP contribution in [-0.4, -0.2) is 20.7 Å². The first-order valence-corrected chi connectivity index (χ1v) is 11.1. The fourth-order valence-electron chi connectivity index (χ4n) is 3.62. The Labute approximate surface area is 203 Å². The van der Waals surface area contributed by atoms with Crippen LogP contribution < -0.4 is 5.32 Å². The molecule has 0 aliphatic rings. The molecule has 0 aliphatic heterocycles. The molecule has 4 aromatic rings. The van der Waals surface area contributed by atoms with Crippen LogP contribution >= 0.6 is 11.6 Å². The molecule has 1 atom stereocenters. The van der Waals surface area contributed by atoms with Crippen LogP contribution in [0.15, 0.2) is 91.3 Å². The number of nitrogens with one attached hydrogen (secondary N) is 1. The number of hydrogen-bond donors (Lipinski definition) is 1. The molecule has 2 aromatic heterocycles. The van der Waals surface area contributed by atoms with Crippen molar-refractivity contribution in [2.75, 3.05) is 0 Å². The molecule has 6 nitrogen and oxygen atoms in total. The molecule has 0 saturated heterocycles. The molecule has 0 bridgehead atoms. The lowest BCUT2D eigenvalue weighted by Crippen LogP contribution is -2.28. The minimum Gasteiger partial charge on any atom is -0.345 e. The van der Waals surface area contributed by atoms with Crippen molar-refractivity contribution in [1.82, 2.24) is 20.1 Å². The number of carbonyl (C=O) groups is 1. The molecule has 1 N–H and O–H groups in total. The van der Waals surface area contributed by atoms with E-state index in [1.165, 1.54) is 6.08 Å². The first kappa shape index (κ1) is 23.0. The number of benzene rings is 2. The molecule has 2 aromatic carbocycles. The fraction of sp³-hybridized carbons (Fsp3) is 0.111. The second kappa shape index (κ2) is 11.1. The highest BCUT2D eigenvalue weighted by Crippen LogP contribution is 2.24. The summed E-state index contributed by atoms with van der Waals surface area (Å²) in [4.78, 5) is 17.3. The van der Waals surface area contributed by atoms with E-state index in [9.17, 15) is 4.79 Å². The van der Waals surface area contributed by atoms with Crippen LogP contribution in [0.25, 0.3) is 17.3 Å². The van der Waals surface area contributed by atoms with E-state index in [4.69, 9.17) is 16.9 Å². The van der Waals surface area contributed by atoms with Crippen LogP contribution in [-0.2, 0) is 17.8 Å². The lowest BCUT2D eigenvalue weighted by molar-refractivity contribution is -0.117. The van der Waals surface area contributed by atoms with Crippen LogP contribution in [0.1, 0.15) is 22.9 Å². The number of nitrogens with zero attached hydrogens (tertiary/aromatic N) is 4. The summed E-state index contributed by atoms with van der Waals surface area (Å²) in [5, 5.41) is 17.2. The predicted molar refractivity (Wildman–Crippen MR) is 133 cm³/mol. The van der Waals surface area contributed by atoms with Gasteiger partial charge >= 0.3 is 0 Å². The molecule has 0 spiro atoms. The van der Waals surface area contributed by atoms with Crippen molar-refractivity contribution in [2.45, 2.75) is 19.0 Å². The zero-order valence-electron chi connectivity index (χ0n) is 18.3. The number of rotatable bonds is 8. The number of nitriles is 1. The van der Waals surface area contributed by atoms with E-state index < -0.39 is 0 Å². The average molecular weight is 468 g/mol. The molecule has 0 radical (unpaired) electrons. The third kappa shape index (κ3) is 5.97. The summed E-state index contributed by atoms with van der Waals surface area (Å²) in [6.07, 6.45) is 7.22. The standard InChI is InChI=1S/C27H22ClN5O/c28-23-10-6-9-21(17-23)25(18-24-11-4-5-15-30-24)31-26(34)13-12-22-19-33(16-14-29)32-27(22)20-7-2-1-3-8-20/h1-13,15,17,19,25H,16,18H2,(H,31,34). The van der Waals surface area contributed by atoms with Gasteiger partial charge in [0.25, 0.3) is 0 Å². The highest BCUT2D eigenvalue weighted by atomic mass is 35.5. The van der Waals surface area contributed by atoms with Crippen LogP contribution in [0.2, 0.25) is 5.02 Å². The minimum atomic E-state index is -0.305. The van der Waals surface area contributed by atoms with E-state index in [-0.39, 0.29) is 18.5 Å². The van der Waals surface area contributed by atoms with Crippen LogP contribution in [0.4, 0.5) is 0 Å². The highest BCUT2D eigenvalue weighted by molar-refractivity contribution is 6.30. The largest absolute Gasteiger partial charge is 0.345 e. The summed E-state index contributed by atoms with van der Waals surface area (Å²) in [5.41, 5.74) is 4.12. The van der Waals surface area contributed by atoms with E-state index in [0.717, 1.165) is 22.4 Å². The molecule has 7 heteroatoms. The number of hydrogen-bond acceptors (Lipinski definition) is 4. The van der Waals surface area contributed by atoms with E-state index in [2.05, 4.69) is 21.5 Å². The van der Waals surface area contributed by atoms with Gasteiger partial charge in [0, 0.05) is 46.7 Å². The van der Waals surface area contributed by atoms with Gasteiger partial charge in [0.05, 0.1) is 17.8 Å². The number of halogens is 1. The molecule has 2 heterocycles. The monoisotopic (exact) mass is 467 g/mol. The third-order valence-electron chi connectivity index (χ3n) is 5.19. The van der Waals surface area contributed by atoms with E-state index >= 15 is 0 Å². The Balaban J connectivity index is 1.57. The first-order chi connectivity index (χ1) is 16.6. The lowest BCUT2D eigenvalue weighted by atomic mass is 10.0. The molecule has 4 rings (SSSR count). The van der Waals surface area contributed by atoms with E-state index in [0.29, 0.717) is 17.1 Å². The molecule has 0 fully saturated rings. The van der Waals surface area contributed by atoms with Crippen LogP contribution in [0, 0.1) is 11.3 Å². The first-order valence-electron chi connectivity index (χ1n) is 10.8. The molecule has 168 valence electrons. The van der Waals surface area contributed by atoms with Gasteiger partial charge in [-0.25, -0.2) is 0 Å². The zero-order valence-corrected chi connectivity index (χ0v) is 19.1. The molecule has 1 amide bonds. The number of amides is 1. The summed E-state index contributed by atoms with van der Waals surface area (Å²) in [7, 11) is 0. The van der Waals surface area contributed by atoms with Crippen LogP contribution in [0.5, 0.6) is 0 Å². The molecular weight excluding hydrogens is 446 g/mol. The summed E-state index contributed by atoms with van der Waals surface area (Å²) in [6, 6.07) is 24.6. The van der Waals surface area contributed by atoms with Crippen molar-refractivity contribution < 1.29 is 4.79 Å². The topological polar surface area (TPSA) is 83.6 Å². The van der Waals surface area contributed by atoms with Gasteiger partial charge < -0.3 is 5.32 Å². The maximum atomic E-state index is 12.9. The summed E-state index contributed by atoms with van der Waals surface area (Å²) in [6.45, 7) is 0.126. The quantitative estimate of drug-likeness (QED) is 0.359.